The predicted molar refractivity (Wildman–Crippen MR) is 58.7 cm³/mol. The van der Waals surface area contributed by atoms with Gasteiger partial charge in [-0.1, -0.05) is 17.7 Å². The summed E-state index contributed by atoms with van der Waals surface area (Å²) in [5.74, 6) is 0.739. The van der Waals surface area contributed by atoms with Gasteiger partial charge in [-0.15, -0.1) is 21.5 Å². The number of hydrogen-bond donors (Lipinski definition) is 1. The molecule has 0 spiro atoms. The van der Waals surface area contributed by atoms with Crippen LogP contribution in [0, 0.1) is 0 Å². The van der Waals surface area contributed by atoms with Gasteiger partial charge < -0.3 is 5.32 Å². The Kier molecular flexibility index (Phi) is 2.96. The molecule has 0 amide bonds. The zero-order chi connectivity index (χ0) is 9.80. The van der Waals surface area contributed by atoms with Gasteiger partial charge in [0, 0.05) is 4.88 Å². The molecule has 2 rings (SSSR count). The Hall–Kier alpha value is -1.13. The number of anilines is 1. The Morgan fingerprint density at radius 3 is 2.86 bits per heavy atom. The second-order valence-corrected chi connectivity index (χ2v) is 4.09. The predicted octanol–water partition coefficient (Wildman–Crippen LogP) is 2.80. The van der Waals surface area contributed by atoms with Crippen molar-refractivity contribution in [2.75, 3.05) is 5.32 Å². The summed E-state index contributed by atoms with van der Waals surface area (Å²) in [4.78, 5) is 1.27. The van der Waals surface area contributed by atoms with Crippen LogP contribution >= 0.6 is 22.9 Å². The molecule has 2 aromatic rings. The van der Waals surface area contributed by atoms with Crippen LogP contribution in [0.2, 0.25) is 5.15 Å². The maximum Gasteiger partial charge on any atom is 0.151 e. The standard InChI is InChI=1S/C9H8ClN3S/c10-8-3-4-9(13-12-8)11-6-7-2-1-5-14-7/h1-5H,6H2,(H,11,13). The summed E-state index contributed by atoms with van der Waals surface area (Å²) in [6.07, 6.45) is 0. The van der Waals surface area contributed by atoms with Crippen molar-refractivity contribution in [3.63, 3.8) is 0 Å². The average molecular weight is 226 g/mol. The van der Waals surface area contributed by atoms with E-state index in [0.717, 1.165) is 12.4 Å². The maximum atomic E-state index is 5.61. The molecule has 2 aromatic heterocycles. The number of rotatable bonds is 3. The van der Waals surface area contributed by atoms with Gasteiger partial charge in [-0.25, -0.2) is 0 Å². The molecule has 2 heterocycles. The van der Waals surface area contributed by atoms with Gasteiger partial charge >= 0.3 is 0 Å². The van der Waals surface area contributed by atoms with Crippen molar-refractivity contribution >= 4 is 28.8 Å². The quantitative estimate of drug-likeness (QED) is 0.873. The fourth-order valence-electron chi connectivity index (χ4n) is 1.00. The lowest BCUT2D eigenvalue weighted by molar-refractivity contribution is 1.01. The van der Waals surface area contributed by atoms with Crippen molar-refractivity contribution in [1.82, 2.24) is 10.2 Å². The Bertz CT molecular complexity index is 385. The van der Waals surface area contributed by atoms with Crippen LogP contribution < -0.4 is 5.32 Å². The van der Waals surface area contributed by atoms with E-state index in [1.54, 1.807) is 17.4 Å². The molecule has 72 valence electrons. The molecule has 0 aliphatic carbocycles. The Balaban J connectivity index is 1.95. The van der Waals surface area contributed by atoms with Gasteiger partial charge in [0.2, 0.25) is 0 Å². The highest BCUT2D eigenvalue weighted by atomic mass is 35.5. The molecule has 3 nitrogen and oxygen atoms in total. The first-order valence-electron chi connectivity index (χ1n) is 4.10. The van der Waals surface area contributed by atoms with E-state index in [-0.39, 0.29) is 0 Å². The molecule has 0 fully saturated rings. The highest BCUT2D eigenvalue weighted by Gasteiger charge is 1.96. The van der Waals surface area contributed by atoms with E-state index in [4.69, 9.17) is 11.6 Å². The maximum absolute atomic E-state index is 5.61. The van der Waals surface area contributed by atoms with Crippen LogP contribution in [0.1, 0.15) is 4.88 Å². The number of nitrogens with zero attached hydrogens (tertiary/aromatic N) is 2. The van der Waals surface area contributed by atoms with Gasteiger partial charge in [0.1, 0.15) is 5.82 Å². The number of nitrogens with one attached hydrogen (secondary N) is 1. The lowest BCUT2D eigenvalue weighted by Crippen LogP contribution is -2.00. The molecule has 14 heavy (non-hydrogen) atoms. The summed E-state index contributed by atoms with van der Waals surface area (Å²) in [6, 6.07) is 7.62. The highest BCUT2D eigenvalue weighted by molar-refractivity contribution is 7.09. The molecule has 0 radical (unpaired) electrons. The van der Waals surface area contributed by atoms with Gasteiger partial charge in [-0.2, -0.15) is 0 Å². The Morgan fingerprint density at radius 1 is 1.29 bits per heavy atom. The van der Waals surface area contributed by atoms with E-state index in [9.17, 15) is 0 Å². The average Bonchev–Trinajstić information content (AvgIpc) is 2.70. The van der Waals surface area contributed by atoms with E-state index >= 15 is 0 Å². The van der Waals surface area contributed by atoms with Gasteiger partial charge in [-0.05, 0) is 23.6 Å². The third-order valence-corrected chi connectivity index (χ3v) is 2.73. The second kappa shape index (κ2) is 4.39. The fraction of sp³-hybridized carbons (Fsp3) is 0.111. The third-order valence-electron chi connectivity index (χ3n) is 1.66. The summed E-state index contributed by atoms with van der Waals surface area (Å²) in [7, 11) is 0. The smallest absolute Gasteiger partial charge is 0.151 e. The molecule has 0 aromatic carbocycles. The molecule has 0 saturated heterocycles. The molecule has 5 heteroatoms. The van der Waals surface area contributed by atoms with E-state index in [1.807, 2.05) is 17.5 Å². The van der Waals surface area contributed by atoms with Gasteiger partial charge in [0.25, 0.3) is 0 Å². The second-order valence-electron chi connectivity index (χ2n) is 2.67. The van der Waals surface area contributed by atoms with Crippen molar-refractivity contribution in [1.29, 1.82) is 0 Å². The molecular weight excluding hydrogens is 218 g/mol. The molecule has 0 bridgehead atoms. The third kappa shape index (κ3) is 2.43. The zero-order valence-electron chi connectivity index (χ0n) is 7.27. The lowest BCUT2D eigenvalue weighted by Gasteiger charge is -2.01. The van der Waals surface area contributed by atoms with Crippen LogP contribution in [-0.2, 0) is 6.54 Å². The number of thiophene rings is 1. The molecule has 1 N–H and O–H groups in total. The van der Waals surface area contributed by atoms with Gasteiger partial charge in [-0.3, -0.25) is 0 Å². The normalized spacial score (nSPS) is 10.1. The first-order valence-corrected chi connectivity index (χ1v) is 5.36. The number of halogens is 1. The zero-order valence-corrected chi connectivity index (χ0v) is 8.85. The van der Waals surface area contributed by atoms with Crippen LogP contribution in [0.15, 0.2) is 29.6 Å². The first kappa shape index (κ1) is 9.43. The van der Waals surface area contributed by atoms with Crippen LogP contribution in [-0.4, -0.2) is 10.2 Å². The van der Waals surface area contributed by atoms with Crippen LogP contribution in [0.25, 0.3) is 0 Å². The Labute approximate surface area is 90.8 Å². The molecule has 0 aliphatic heterocycles. The van der Waals surface area contributed by atoms with E-state index in [0.29, 0.717) is 5.15 Å². The van der Waals surface area contributed by atoms with E-state index in [1.165, 1.54) is 4.88 Å². The highest BCUT2D eigenvalue weighted by Crippen LogP contribution is 2.11. The van der Waals surface area contributed by atoms with Crippen LogP contribution in [0.5, 0.6) is 0 Å². The van der Waals surface area contributed by atoms with Gasteiger partial charge in [0.05, 0.1) is 6.54 Å². The van der Waals surface area contributed by atoms with Crippen molar-refractivity contribution < 1.29 is 0 Å². The minimum absolute atomic E-state index is 0.409. The van der Waals surface area contributed by atoms with Crippen LogP contribution in [0.3, 0.4) is 0 Å². The Morgan fingerprint density at radius 2 is 2.21 bits per heavy atom. The summed E-state index contributed by atoms with van der Waals surface area (Å²) in [5, 5.41) is 13.2. The van der Waals surface area contributed by atoms with Crippen LogP contribution in [0.4, 0.5) is 5.82 Å². The van der Waals surface area contributed by atoms with E-state index in [2.05, 4.69) is 21.6 Å². The molecule has 0 unspecified atom stereocenters. The van der Waals surface area contributed by atoms with Crippen molar-refractivity contribution in [2.45, 2.75) is 6.54 Å². The summed E-state index contributed by atoms with van der Waals surface area (Å²) < 4.78 is 0. The molecular formula is C9H8ClN3S. The van der Waals surface area contributed by atoms with Gasteiger partial charge in [0.15, 0.2) is 5.15 Å². The monoisotopic (exact) mass is 225 g/mol. The minimum atomic E-state index is 0.409. The minimum Gasteiger partial charge on any atom is -0.364 e. The van der Waals surface area contributed by atoms with Crippen molar-refractivity contribution in [3.05, 3.63) is 39.7 Å². The summed E-state index contributed by atoms with van der Waals surface area (Å²) in [6.45, 7) is 0.772. The summed E-state index contributed by atoms with van der Waals surface area (Å²) >= 11 is 7.32. The topological polar surface area (TPSA) is 37.8 Å². The molecule has 0 saturated carbocycles. The molecule has 0 aliphatic rings. The van der Waals surface area contributed by atoms with E-state index < -0.39 is 0 Å². The summed E-state index contributed by atoms with van der Waals surface area (Å²) in [5.41, 5.74) is 0. The SMILES string of the molecule is Clc1ccc(NCc2cccs2)nn1. The van der Waals surface area contributed by atoms with Crippen molar-refractivity contribution in [3.8, 4) is 0 Å². The lowest BCUT2D eigenvalue weighted by atomic mass is 10.4. The largest absolute Gasteiger partial charge is 0.364 e. The number of aromatic nitrogens is 2. The number of hydrogen-bond acceptors (Lipinski definition) is 4. The van der Waals surface area contributed by atoms with Crippen molar-refractivity contribution in [2.24, 2.45) is 0 Å². The first-order chi connectivity index (χ1) is 6.84. The molecule has 0 atom stereocenters. The fourth-order valence-corrected chi connectivity index (χ4v) is 1.75.